The monoisotopic (exact) mass is 306 g/mol. The second-order valence-electron chi connectivity index (χ2n) is 4.49. The molecule has 0 radical (unpaired) electrons. The van der Waals surface area contributed by atoms with Gasteiger partial charge < -0.3 is 10.1 Å². The molecule has 0 aliphatic heterocycles. The molecule has 0 amide bonds. The van der Waals surface area contributed by atoms with Crippen LogP contribution in [-0.4, -0.2) is 13.2 Å². The van der Waals surface area contributed by atoms with Gasteiger partial charge in [0.25, 0.3) is 0 Å². The average molecular weight is 306 g/mol. The van der Waals surface area contributed by atoms with E-state index in [1.807, 2.05) is 6.07 Å². The van der Waals surface area contributed by atoms with Gasteiger partial charge in [-0.05, 0) is 48.5 Å². The molecule has 0 unspecified atom stereocenters. The van der Waals surface area contributed by atoms with Gasteiger partial charge in [-0.25, -0.2) is 0 Å². The minimum absolute atomic E-state index is 0.354. The van der Waals surface area contributed by atoms with Gasteiger partial charge in [-0.15, -0.1) is 0 Å². The molecular formula is C16H13F3N2O. The summed E-state index contributed by atoms with van der Waals surface area (Å²) in [4.78, 5) is 0. The summed E-state index contributed by atoms with van der Waals surface area (Å²) in [6, 6.07) is 13.5. The molecule has 3 nitrogen and oxygen atoms in total. The van der Waals surface area contributed by atoms with E-state index in [9.17, 15) is 13.2 Å². The van der Waals surface area contributed by atoms with E-state index < -0.39 is 11.7 Å². The molecule has 0 spiro atoms. The van der Waals surface area contributed by atoms with E-state index in [-0.39, 0.29) is 0 Å². The number of halogens is 3. The zero-order valence-electron chi connectivity index (χ0n) is 11.5. The van der Waals surface area contributed by atoms with Gasteiger partial charge in [0.15, 0.2) is 0 Å². The van der Waals surface area contributed by atoms with Crippen LogP contribution in [0.1, 0.15) is 11.1 Å². The van der Waals surface area contributed by atoms with Crippen LogP contribution in [0.4, 0.5) is 18.9 Å². The van der Waals surface area contributed by atoms with Crippen molar-refractivity contribution in [3.8, 4) is 11.8 Å². The molecule has 1 N–H and O–H groups in total. The largest absolute Gasteiger partial charge is 0.492 e. The van der Waals surface area contributed by atoms with E-state index in [1.165, 1.54) is 12.1 Å². The fraction of sp³-hybridized carbons (Fsp3) is 0.188. The molecule has 114 valence electrons. The lowest BCUT2D eigenvalue weighted by atomic mass is 10.2. The fourth-order valence-electron chi connectivity index (χ4n) is 1.77. The van der Waals surface area contributed by atoms with Crippen molar-refractivity contribution < 1.29 is 17.9 Å². The van der Waals surface area contributed by atoms with Crippen LogP contribution in [-0.2, 0) is 6.18 Å². The quantitative estimate of drug-likeness (QED) is 0.847. The molecule has 0 aliphatic carbocycles. The molecule has 0 fully saturated rings. The maximum atomic E-state index is 12.4. The first-order chi connectivity index (χ1) is 10.5. The first kappa shape index (κ1) is 15.7. The van der Waals surface area contributed by atoms with Crippen molar-refractivity contribution in [3.05, 3.63) is 59.7 Å². The third-order valence-electron chi connectivity index (χ3n) is 2.90. The van der Waals surface area contributed by atoms with Gasteiger partial charge in [0.2, 0.25) is 0 Å². The Morgan fingerprint density at radius 3 is 2.18 bits per heavy atom. The van der Waals surface area contributed by atoms with Gasteiger partial charge in [0.1, 0.15) is 12.4 Å². The summed E-state index contributed by atoms with van der Waals surface area (Å²) in [5.41, 5.74) is 0.471. The summed E-state index contributed by atoms with van der Waals surface area (Å²) >= 11 is 0. The van der Waals surface area contributed by atoms with Crippen LogP contribution < -0.4 is 10.1 Å². The number of nitrogens with zero attached hydrogens (tertiary/aromatic N) is 1. The van der Waals surface area contributed by atoms with Crippen molar-refractivity contribution in [1.82, 2.24) is 0 Å². The maximum absolute atomic E-state index is 12.4. The van der Waals surface area contributed by atoms with Crippen LogP contribution in [0.3, 0.4) is 0 Å². The van der Waals surface area contributed by atoms with E-state index >= 15 is 0 Å². The lowest BCUT2D eigenvalue weighted by Crippen LogP contribution is -2.12. The van der Waals surface area contributed by atoms with E-state index in [1.54, 1.807) is 24.3 Å². The van der Waals surface area contributed by atoms with Crippen LogP contribution in [0.15, 0.2) is 48.5 Å². The Balaban J connectivity index is 1.77. The first-order valence-corrected chi connectivity index (χ1v) is 6.53. The minimum atomic E-state index is -4.32. The second-order valence-corrected chi connectivity index (χ2v) is 4.49. The number of nitrogens with one attached hydrogen (secondary N) is 1. The van der Waals surface area contributed by atoms with Gasteiger partial charge >= 0.3 is 6.18 Å². The number of hydrogen-bond acceptors (Lipinski definition) is 3. The molecule has 2 aromatic rings. The number of ether oxygens (including phenoxy) is 1. The molecule has 0 aliphatic rings. The first-order valence-electron chi connectivity index (χ1n) is 6.53. The highest BCUT2D eigenvalue weighted by atomic mass is 19.4. The highest BCUT2D eigenvalue weighted by Crippen LogP contribution is 2.29. The Labute approximate surface area is 126 Å². The Kier molecular flexibility index (Phi) is 4.89. The highest BCUT2D eigenvalue weighted by Gasteiger charge is 2.29. The third-order valence-corrected chi connectivity index (χ3v) is 2.90. The Bertz CT molecular complexity index is 643. The molecule has 2 rings (SSSR count). The minimum Gasteiger partial charge on any atom is -0.492 e. The van der Waals surface area contributed by atoms with Gasteiger partial charge in [-0.1, -0.05) is 0 Å². The molecule has 6 heteroatoms. The number of hydrogen-bond donors (Lipinski definition) is 1. The Morgan fingerprint density at radius 2 is 1.64 bits per heavy atom. The zero-order chi connectivity index (χ0) is 16.0. The van der Waals surface area contributed by atoms with E-state index in [0.29, 0.717) is 30.2 Å². The lowest BCUT2D eigenvalue weighted by Gasteiger charge is -2.10. The van der Waals surface area contributed by atoms with Gasteiger partial charge in [0.05, 0.1) is 17.2 Å². The van der Waals surface area contributed by atoms with E-state index in [4.69, 9.17) is 10.00 Å². The summed E-state index contributed by atoms with van der Waals surface area (Å²) in [6.07, 6.45) is -4.32. The Morgan fingerprint density at radius 1 is 1.00 bits per heavy atom. The molecule has 2 aromatic carbocycles. The normalized spacial score (nSPS) is 10.8. The molecule has 0 saturated carbocycles. The highest BCUT2D eigenvalue weighted by molar-refractivity contribution is 5.45. The topological polar surface area (TPSA) is 45.0 Å². The number of anilines is 1. The van der Waals surface area contributed by atoms with Crippen LogP contribution >= 0.6 is 0 Å². The van der Waals surface area contributed by atoms with Crippen LogP contribution in [0.2, 0.25) is 0 Å². The number of alkyl halides is 3. The van der Waals surface area contributed by atoms with Crippen LogP contribution in [0, 0.1) is 11.3 Å². The number of nitriles is 1. The third kappa shape index (κ3) is 4.42. The predicted octanol–water partition coefficient (Wildman–Crippen LogP) is 4.07. The summed E-state index contributed by atoms with van der Waals surface area (Å²) < 4.78 is 42.7. The molecule has 0 aromatic heterocycles. The number of rotatable bonds is 5. The summed E-state index contributed by atoms with van der Waals surface area (Å²) in [6.45, 7) is 0.804. The van der Waals surface area contributed by atoms with E-state index in [2.05, 4.69) is 5.32 Å². The van der Waals surface area contributed by atoms with Crippen molar-refractivity contribution in [1.29, 1.82) is 5.26 Å². The van der Waals surface area contributed by atoms with Crippen molar-refractivity contribution in [2.45, 2.75) is 6.18 Å². The van der Waals surface area contributed by atoms with E-state index in [0.717, 1.165) is 12.1 Å². The smallest absolute Gasteiger partial charge is 0.416 e. The molecule has 0 atom stereocenters. The van der Waals surface area contributed by atoms with Gasteiger partial charge in [-0.2, -0.15) is 18.4 Å². The maximum Gasteiger partial charge on any atom is 0.416 e. The standard InChI is InChI=1S/C16H13F3N2O/c17-16(18,19)13-3-5-14(6-4-13)21-9-10-22-15-7-1-12(11-20)2-8-15/h1-8,21H,9-10H2. The average Bonchev–Trinajstić information content (AvgIpc) is 2.52. The van der Waals surface area contributed by atoms with Crippen molar-refractivity contribution >= 4 is 5.69 Å². The lowest BCUT2D eigenvalue weighted by molar-refractivity contribution is -0.137. The molecule has 0 saturated heterocycles. The van der Waals surface area contributed by atoms with Crippen LogP contribution in [0.5, 0.6) is 5.75 Å². The molecule has 0 heterocycles. The van der Waals surface area contributed by atoms with Gasteiger partial charge in [0, 0.05) is 12.2 Å². The zero-order valence-corrected chi connectivity index (χ0v) is 11.5. The SMILES string of the molecule is N#Cc1ccc(OCCNc2ccc(C(F)(F)F)cc2)cc1. The summed E-state index contributed by atoms with van der Waals surface area (Å²) in [5.74, 6) is 0.633. The summed E-state index contributed by atoms with van der Waals surface area (Å²) in [7, 11) is 0. The molecular weight excluding hydrogens is 293 g/mol. The Hall–Kier alpha value is -2.68. The van der Waals surface area contributed by atoms with Crippen molar-refractivity contribution in [2.75, 3.05) is 18.5 Å². The van der Waals surface area contributed by atoms with Crippen molar-refractivity contribution in [2.24, 2.45) is 0 Å². The van der Waals surface area contributed by atoms with Gasteiger partial charge in [-0.3, -0.25) is 0 Å². The van der Waals surface area contributed by atoms with Crippen molar-refractivity contribution in [3.63, 3.8) is 0 Å². The molecule has 0 bridgehead atoms. The number of benzene rings is 2. The fourth-order valence-corrected chi connectivity index (χ4v) is 1.77. The van der Waals surface area contributed by atoms with Crippen LogP contribution in [0.25, 0.3) is 0 Å². The molecule has 22 heavy (non-hydrogen) atoms. The summed E-state index contributed by atoms with van der Waals surface area (Å²) in [5, 5.41) is 11.6. The second kappa shape index (κ2) is 6.85. The predicted molar refractivity (Wildman–Crippen MR) is 76.6 cm³/mol.